The van der Waals surface area contributed by atoms with Gasteiger partial charge in [-0.15, -0.1) is 0 Å². The van der Waals surface area contributed by atoms with Crippen LogP contribution in [0.5, 0.6) is 0 Å². The molecule has 0 spiro atoms. The molecule has 0 fully saturated rings. The van der Waals surface area contributed by atoms with Crippen LogP contribution in [-0.4, -0.2) is 0 Å². The van der Waals surface area contributed by atoms with Gasteiger partial charge in [0.05, 0.1) is 11.4 Å². The van der Waals surface area contributed by atoms with Crippen molar-refractivity contribution in [3.05, 3.63) is 425 Å². The Balaban J connectivity index is 0.555. The van der Waals surface area contributed by atoms with Gasteiger partial charge in [-0.05, 0) is 225 Å². The lowest BCUT2D eigenvalue weighted by Gasteiger charge is -2.28. The first kappa shape index (κ1) is 68.9. The molecule has 0 unspecified atom stereocenters. The number of hydrogen-bond donors (Lipinski definition) is 0. The van der Waals surface area contributed by atoms with Crippen LogP contribution in [-0.2, 0) is 0 Å². The molecule has 6 nitrogen and oxygen atoms in total. The van der Waals surface area contributed by atoms with Crippen LogP contribution in [0.15, 0.2) is 442 Å². The summed E-state index contributed by atoms with van der Waals surface area (Å²) in [5.41, 5.74) is 28.1. The average molecular weight is 1560 g/mol. The van der Waals surface area contributed by atoms with Crippen molar-refractivity contribution in [3.63, 3.8) is 0 Å². The van der Waals surface area contributed by atoms with Crippen LogP contribution in [0.3, 0.4) is 0 Å². The molecular formula is C116H70N2O4. The fourth-order valence-electron chi connectivity index (χ4n) is 19.3. The Hall–Kier alpha value is -16.3. The predicted octanol–water partition coefficient (Wildman–Crippen LogP) is 33.7. The topological polar surface area (TPSA) is 59.0 Å². The van der Waals surface area contributed by atoms with E-state index >= 15 is 0 Å². The van der Waals surface area contributed by atoms with Crippen molar-refractivity contribution in [2.24, 2.45) is 0 Å². The first-order valence-corrected chi connectivity index (χ1v) is 41.6. The maximum Gasteiger partial charge on any atom is 0.143 e. The molecule has 0 N–H and O–H groups in total. The van der Waals surface area contributed by atoms with Crippen LogP contribution < -0.4 is 9.80 Å². The highest BCUT2D eigenvalue weighted by molar-refractivity contribution is 6.19. The van der Waals surface area contributed by atoms with Gasteiger partial charge in [0.1, 0.15) is 44.7 Å². The van der Waals surface area contributed by atoms with Gasteiger partial charge in [-0.1, -0.05) is 303 Å². The van der Waals surface area contributed by atoms with E-state index < -0.39 is 0 Å². The Morgan fingerprint density at radius 3 is 1.25 bits per heavy atom. The van der Waals surface area contributed by atoms with Gasteiger partial charge in [0.15, 0.2) is 0 Å². The van der Waals surface area contributed by atoms with E-state index in [2.05, 4.69) is 422 Å². The summed E-state index contributed by atoms with van der Waals surface area (Å²) in [5, 5.41) is 20.5. The maximum absolute atomic E-state index is 7.28. The Morgan fingerprint density at radius 1 is 0.139 bits per heavy atom. The second-order valence-electron chi connectivity index (χ2n) is 32.1. The minimum atomic E-state index is 0.814. The predicted molar refractivity (Wildman–Crippen MR) is 511 cm³/mol. The number of hydrogen-bond acceptors (Lipinski definition) is 6. The van der Waals surface area contributed by atoms with Crippen LogP contribution in [0.4, 0.5) is 34.1 Å². The summed E-state index contributed by atoms with van der Waals surface area (Å²) in [4.78, 5) is 4.78. The third-order valence-electron chi connectivity index (χ3n) is 25.2. The summed E-state index contributed by atoms with van der Waals surface area (Å²) in [6.45, 7) is 0. The Labute approximate surface area is 701 Å². The van der Waals surface area contributed by atoms with Gasteiger partial charge in [0, 0.05) is 93.7 Å². The van der Waals surface area contributed by atoms with Crippen molar-refractivity contribution in [3.8, 4) is 77.9 Å². The number of furan rings is 4. The molecule has 0 amide bonds. The van der Waals surface area contributed by atoms with Crippen molar-refractivity contribution in [1.82, 2.24) is 0 Å². The average Bonchev–Trinajstić information content (AvgIpc) is 1.57. The van der Waals surface area contributed by atoms with Gasteiger partial charge in [0.25, 0.3) is 0 Å². The van der Waals surface area contributed by atoms with Gasteiger partial charge in [0.2, 0.25) is 0 Å². The number of benzene rings is 21. The molecule has 0 atom stereocenters. The van der Waals surface area contributed by atoms with E-state index in [0.29, 0.717) is 0 Å². The molecule has 122 heavy (non-hydrogen) atoms. The van der Waals surface area contributed by atoms with Gasteiger partial charge >= 0.3 is 0 Å². The summed E-state index contributed by atoms with van der Waals surface area (Å²) < 4.78 is 27.6. The molecule has 568 valence electrons. The first-order chi connectivity index (χ1) is 60.4. The molecule has 0 aliphatic rings. The van der Waals surface area contributed by atoms with E-state index in [-0.39, 0.29) is 0 Å². The van der Waals surface area contributed by atoms with E-state index in [0.717, 1.165) is 210 Å². The lowest BCUT2D eigenvalue weighted by atomic mass is 9.94. The fraction of sp³-hybridized carbons (Fsp3) is 0. The van der Waals surface area contributed by atoms with Crippen LogP contribution in [0.2, 0.25) is 0 Å². The van der Waals surface area contributed by atoms with Crippen molar-refractivity contribution in [2.75, 3.05) is 9.80 Å². The van der Waals surface area contributed by atoms with E-state index in [1.165, 1.54) is 43.3 Å². The van der Waals surface area contributed by atoms with Gasteiger partial charge in [-0.25, -0.2) is 0 Å². The number of fused-ring (bicyclic) bond motifs is 18. The molecule has 0 saturated heterocycles. The van der Waals surface area contributed by atoms with E-state index in [9.17, 15) is 0 Å². The zero-order valence-corrected chi connectivity index (χ0v) is 65.9. The van der Waals surface area contributed by atoms with Crippen molar-refractivity contribution >= 4 is 176 Å². The van der Waals surface area contributed by atoms with Crippen molar-refractivity contribution < 1.29 is 17.7 Å². The molecule has 4 heterocycles. The zero-order chi connectivity index (χ0) is 80.0. The lowest BCUT2D eigenvalue weighted by molar-refractivity contribution is 0.669. The van der Waals surface area contributed by atoms with E-state index in [4.69, 9.17) is 17.7 Å². The minimum absolute atomic E-state index is 0.814. The number of anilines is 6. The SMILES string of the molecule is c1cc(-c2ccc3ccccc3c2)cc(N(c2ccc(-c3ccc4oc5cc(-c6cccc7cc8c(cc67)oc6c(-c7ccccc7N(c7ccc(-c9cccc%10c9ccc9ccccc9%10)cc7)c7ccc(-c9cccc%10c9oc9ccccc9%10)cc7)cccc68)ccc5c4c3)cc2)c2ccccc2-c2cccc3c2oc2cc4ccccc4cc23)c1. The molecule has 21 aromatic carbocycles. The maximum atomic E-state index is 7.28. The quantitative estimate of drug-likeness (QED) is 0.107. The van der Waals surface area contributed by atoms with Crippen LogP contribution in [0.1, 0.15) is 0 Å². The molecule has 0 aliphatic heterocycles. The zero-order valence-electron chi connectivity index (χ0n) is 65.9. The largest absolute Gasteiger partial charge is 0.456 e. The second-order valence-corrected chi connectivity index (χ2v) is 32.1. The van der Waals surface area contributed by atoms with E-state index in [1.807, 2.05) is 12.1 Å². The Bertz CT molecular complexity index is 8600. The molecule has 25 rings (SSSR count). The number of para-hydroxylation sites is 6. The van der Waals surface area contributed by atoms with Crippen LogP contribution in [0, 0.1) is 0 Å². The van der Waals surface area contributed by atoms with Gasteiger partial charge in [-0.3, -0.25) is 0 Å². The summed E-state index contributed by atoms with van der Waals surface area (Å²) in [5.74, 6) is 0. The molecule has 0 saturated carbocycles. The molecule has 0 aliphatic carbocycles. The summed E-state index contributed by atoms with van der Waals surface area (Å²) in [6, 6.07) is 154. The third-order valence-corrected chi connectivity index (χ3v) is 25.2. The van der Waals surface area contributed by atoms with Crippen LogP contribution >= 0.6 is 0 Å². The smallest absolute Gasteiger partial charge is 0.143 e. The highest BCUT2D eigenvalue weighted by atomic mass is 16.3. The normalized spacial score (nSPS) is 11.9. The van der Waals surface area contributed by atoms with Crippen LogP contribution in [0.25, 0.3) is 220 Å². The summed E-state index contributed by atoms with van der Waals surface area (Å²) in [7, 11) is 0. The molecule has 25 aromatic rings. The Morgan fingerprint density at radius 2 is 0.541 bits per heavy atom. The second kappa shape index (κ2) is 27.7. The minimum Gasteiger partial charge on any atom is -0.456 e. The fourth-order valence-corrected chi connectivity index (χ4v) is 19.3. The monoisotopic (exact) mass is 1550 g/mol. The van der Waals surface area contributed by atoms with E-state index in [1.54, 1.807) is 0 Å². The molecular weight excluding hydrogens is 1490 g/mol. The van der Waals surface area contributed by atoms with Crippen molar-refractivity contribution in [1.29, 1.82) is 0 Å². The summed E-state index contributed by atoms with van der Waals surface area (Å²) >= 11 is 0. The molecule has 0 radical (unpaired) electrons. The molecule has 4 aromatic heterocycles. The molecule has 0 bridgehead atoms. The standard InChI is InChI=1S/C116H70N2O4/c1-2-21-76-63-80(44-43-71(76)19-1)77-24-13-26-87(64-77)118(108-41-11-8-29-95(108)99-36-17-38-101-105-65-78-22-3-4-23-79(78)68-112(105)121-115(99)101)86-54-45-72(46-55-86)81-53-62-110-104(66-81)97-61-52-83(69-111(97)119-110)90-31-14-25-82-67-106-102-39-18-35-98(116(102)122-113(106)70-103(82)90)94-28-7-10-40-107(94)117(85-58-49-75(50-59-85)91-33-16-37-100-96-30-9-12-42-109(96)120-114(91)100)84-56-47-74(48-57-84)89-32-15-34-92-88-27-6-5-20-73(88)51-60-93(89)92/h1-70H. The summed E-state index contributed by atoms with van der Waals surface area (Å²) in [6.07, 6.45) is 0. The number of rotatable bonds is 13. The first-order valence-electron chi connectivity index (χ1n) is 41.6. The third kappa shape index (κ3) is 11.3. The Kier molecular flexibility index (Phi) is 15.6. The highest BCUT2D eigenvalue weighted by Gasteiger charge is 2.26. The van der Waals surface area contributed by atoms with Crippen molar-refractivity contribution in [2.45, 2.75) is 0 Å². The van der Waals surface area contributed by atoms with Gasteiger partial charge < -0.3 is 27.5 Å². The van der Waals surface area contributed by atoms with Gasteiger partial charge in [-0.2, -0.15) is 0 Å². The highest BCUT2D eigenvalue weighted by Crippen LogP contribution is 2.51. The molecule has 6 heteroatoms. The lowest BCUT2D eigenvalue weighted by Crippen LogP contribution is -2.11. The number of nitrogens with zero attached hydrogens (tertiary/aromatic N) is 2.